The minimum absolute atomic E-state index is 0. The van der Waals surface area contributed by atoms with Crippen LogP contribution >= 0.6 is 0 Å². The van der Waals surface area contributed by atoms with E-state index in [1.54, 1.807) is 0 Å². The van der Waals surface area contributed by atoms with Crippen molar-refractivity contribution >= 4 is 0 Å². The fourth-order valence-corrected chi connectivity index (χ4v) is 0. The molecule has 0 fully saturated rings. The van der Waals surface area contributed by atoms with E-state index in [0.717, 1.165) is 0 Å². The van der Waals surface area contributed by atoms with Crippen LogP contribution in [-0.2, 0) is 54.3 Å². The van der Waals surface area contributed by atoms with Crippen molar-refractivity contribution in [2.45, 2.75) is 0 Å². The fraction of sp³-hybridized carbons (Fsp3) is 0. The van der Waals surface area contributed by atoms with Crippen molar-refractivity contribution in [3.63, 3.8) is 0 Å². The van der Waals surface area contributed by atoms with Gasteiger partial charge in [0.15, 0.2) is 0 Å². The zero-order chi connectivity index (χ0) is 5.45. The number of hydrogen-bond acceptors (Lipinski definition) is 5. The molecule has 0 aliphatic heterocycles. The summed E-state index contributed by atoms with van der Waals surface area (Å²) in [6.07, 6.45) is 0. The Morgan fingerprint density at radius 3 is 0.714 bits per heavy atom. The smallest absolute Gasteiger partial charge is 0 e. The maximum Gasteiger partial charge on any atom is 0 e. The molecule has 0 aliphatic carbocycles. The predicted molar refractivity (Wildman–Crippen MR) is 3.43 cm³/mol. The zero-order valence-corrected chi connectivity index (χ0v) is 8.35. The van der Waals surface area contributed by atoms with Gasteiger partial charge in [0, 0.05) is 22.4 Å². The number of rotatable bonds is 0. The van der Waals surface area contributed by atoms with Crippen molar-refractivity contribution in [2.75, 3.05) is 0 Å². The van der Waals surface area contributed by atoms with Gasteiger partial charge in [0.1, 0.15) is 0 Å². The Morgan fingerprint density at radius 1 is 0.714 bits per heavy atom. The summed E-state index contributed by atoms with van der Waals surface area (Å²) in [5.74, 6) is 0. The molecule has 0 aromatic heterocycles. The standard InChI is InChI=1S/Nb.5O.Ta. The van der Waals surface area contributed by atoms with E-state index in [9.17, 15) is 0 Å². The monoisotopic (exact) mass is 354 g/mol. The van der Waals surface area contributed by atoms with Crippen LogP contribution < -0.4 is 0 Å². The van der Waals surface area contributed by atoms with Crippen LogP contribution in [0.15, 0.2) is 0 Å². The Kier molecular flexibility index (Phi) is 2.65. The van der Waals surface area contributed by atoms with Crippen molar-refractivity contribution in [3.8, 4) is 0 Å². The minimum Gasteiger partial charge on any atom is 0 e. The van der Waals surface area contributed by atoms with Gasteiger partial charge < -0.3 is 0 Å². The van der Waals surface area contributed by atoms with Crippen LogP contribution in [0.2, 0.25) is 0 Å². The number of hydrogen-bond donors (Lipinski definition) is 0. The largest absolute Gasteiger partial charge is 0 e. The summed E-state index contributed by atoms with van der Waals surface area (Å²) in [7, 11) is 0. The molecule has 0 spiro atoms. The first-order valence-corrected chi connectivity index (χ1v) is 5.40. The van der Waals surface area contributed by atoms with Crippen molar-refractivity contribution in [1.29, 1.82) is 0 Å². The van der Waals surface area contributed by atoms with Crippen LogP contribution in [0.25, 0.3) is 0 Å². The third kappa shape index (κ3) is 563. The van der Waals surface area contributed by atoms with E-state index in [2.05, 4.69) is 0 Å². The van der Waals surface area contributed by atoms with Gasteiger partial charge in [-0.15, -0.1) is 0 Å². The summed E-state index contributed by atoms with van der Waals surface area (Å²) >= 11 is -7.94. The Balaban J connectivity index is 0. The summed E-state index contributed by atoms with van der Waals surface area (Å²) in [6, 6.07) is 0. The summed E-state index contributed by atoms with van der Waals surface area (Å²) in [6.45, 7) is 0. The average molecular weight is 354 g/mol. The normalized spacial score (nSPS) is 8.57. The minimum atomic E-state index is -7.94. The maximum absolute atomic E-state index is 8.66. The topological polar surface area (TPSA) is 85.3 Å². The van der Waals surface area contributed by atoms with Crippen LogP contribution in [0.1, 0.15) is 0 Å². The fourth-order valence-electron chi connectivity index (χ4n) is 0. The second-order valence-corrected chi connectivity index (χ2v) is 4.41. The Morgan fingerprint density at radius 2 is 0.714 bits per heavy atom. The molecule has 0 heterocycles. The van der Waals surface area contributed by atoms with Gasteiger partial charge >= 0.3 is 31.9 Å². The van der Waals surface area contributed by atoms with E-state index in [4.69, 9.17) is 16.3 Å². The summed E-state index contributed by atoms with van der Waals surface area (Å²) in [5, 5.41) is 0. The molecule has 0 unspecified atom stereocenters. The van der Waals surface area contributed by atoms with Crippen molar-refractivity contribution in [1.82, 2.24) is 0 Å². The second kappa shape index (κ2) is 1.77. The molecule has 0 N–H and O–H groups in total. The molecular weight excluding hydrogens is 354 g/mol. The second-order valence-electron chi connectivity index (χ2n) is 0.745. The SMILES string of the molecule is [O]=[Nb](=[O])(=[O])(=[O])=[O].[Ta]. The average Bonchev–Trinajstić information content (AvgIpc) is 0.650. The van der Waals surface area contributed by atoms with Gasteiger partial charge in [-0.25, -0.2) is 0 Å². The van der Waals surface area contributed by atoms with Gasteiger partial charge in [-0.2, -0.15) is 0 Å². The first-order valence-electron chi connectivity index (χ1n) is 0.913. The maximum atomic E-state index is 8.66. The first kappa shape index (κ1) is 10.5. The van der Waals surface area contributed by atoms with Crippen molar-refractivity contribution in [2.24, 2.45) is 0 Å². The quantitative estimate of drug-likeness (QED) is 0.543. The molecule has 0 bridgehead atoms. The zero-order valence-electron chi connectivity index (χ0n) is 2.94. The molecule has 0 saturated carbocycles. The first-order chi connectivity index (χ1) is 2.24. The molecule has 0 aliphatic rings. The third-order valence-corrected chi connectivity index (χ3v) is 0. The van der Waals surface area contributed by atoms with E-state index in [1.165, 1.54) is 0 Å². The molecule has 0 saturated heterocycles. The van der Waals surface area contributed by atoms with Crippen LogP contribution in [-0.4, -0.2) is 0 Å². The van der Waals surface area contributed by atoms with Gasteiger partial charge in [-0.1, -0.05) is 0 Å². The molecule has 7 heteroatoms. The van der Waals surface area contributed by atoms with E-state index < -0.39 is 15.7 Å². The van der Waals surface area contributed by atoms with Crippen molar-refractivity contribution < 1.29 is 54.3 Å². The molecule has 0 aromatic rings. The molecule has 5 nitrogen and oxygen atoms in total. The summed E-state index contributed by atoms with van der Waals surface area (Å²) < 4.78 is 43.3. The molecule has 7 heavy (non-hydrogen) atoms. The van der Waals surface area contributed by atoms with E-state index >= 15 is 0 Å². The van der Waals surface area contributed by atoms with Crippen molar-refractivity contribution in [3.05, 3.63) is 0 Å². The Labute approximate surface area is 54.2 Å². The van der Waals surface area contributed by atoms with Crippen LogP contribution in [0.5, 0.6) is 0 Å². The van der Waals surface area contributed by atoms with E-state index in [-0.39, 0.29) is 22.4 Å². The summed E-state index contributed by atoms with van der Waals surface area (Å²) in [5.41, 5.74) is 0. The molecular formula is NbO5Ta. The van der Waals surface area contributed by atoms with Gasteiger partial charge in [0.25, 0.3) is 0 Å². The van der Waals surface area contributed by atoms with Crippen LogP contribution in [0.4, 0.5) is 0 Å². The van der Waals surface area contributed by atoms with Crippen LogP contribution in [0.3, 0.4) is 0 Å². The molecule has 0 aromatic carbocycles. The van der Waals surface area contributed by atoms with E-state index in [0.29, 0.717) is 0 Å². The molecule has 40 valence electrons. The summed E-state index contributed by atoms with van der Waals surface area (Å²) in [4.78, 5) is 0. The Hall–Kier alpha value is 0.481. The Bertz CT molecular complexity index is 278. The van der Waals surface area contributed by atoms with Gasteiger partial charge in [0.05, 0.1) is 0 Å². The third-order valence-electron chi connectivity index (χ3n) is 0. The predicted octanol–water partition coefficient (Wildman–Crippen LogP) is -0.599. The van der Waals surface area contributed by atoms with Crippen LogP contribution in [0, 0.1) is 0 Å². The van der Waals surface area contributed by atoms with Gasteiger partial charge in [-0.3, -0.25) is 0 Å². The van der Waals surface area contributed by atoms with Gasteiger partial charge in [0.2, 0.25) is 0 Å². The van der Waals surface area contributed by atoms with E-state index in [1.807, 2.05) is 0 Å². The van der Waals surface area contributed by atoms with Gasteiger partial charge in [-0.05, 0) is 0 Å². The molecule has 0 rings (SSSR count). The molecule has 0 atom stereocenters. The molecule has 0 amide bonds. The molecule has 1 radical (unpaired) electrons.